The summed E-state index contributed by atoms with van der Waals surface area (Å²) in [6.07, 6.45) is -0.932. The Morgan fingerprint density at radius 1 is 1.25 bits per heavy atom. The molecule has 0 spiro atoms. The molecule has 28 heavy (non-hydrogen) atoms. The van der Waals surface area contributed by atoms with E-state index in [0.717, 1.165) is 5.01 Å². The maximum absolute atomic E-state index is 12.1. The summed E-state index contributed by atoms with van der Waals surface area (Å²) < 4.78 is 17.2. The number of hydrogen-bond acceptors (Lipinski definition) is 7. The van der Waals surface area contributed by atoms with Crippen LogP contribution in [0.1, 0.15) is 24.3 Å². The van der Waals surface area contributed by atoms with Crippen molar-refractivity contribution in [1.29, 1.82) is 0 Å². The number of methoxy groups -OCH3 is 2. The number of carbonyl (C=O) groups excluding carboxylic acids is 1. The zero-order valence-corrected chi connectivity index (χ0v) is 16.8. The lowest BCUT2D eigenvalue weighted by molar-refractivity contribution is -0.385. The quantitative estimate of drug-likeness (QED) is 0.509. The highest BCUT2D eigenvalue weighted by atomic mass is 79.9. The van der Waals surface area contributed by atoms with E-state index in [2.05, 4.69) is 21.0 Å². The average molecular weight is 450 g/mol. The van der Waals surface area contributed by atoms with Gasteiger partial charge in [0.05, 0.1) is 29.2 Å². The van der Waals surface area contributed by atoms with Crippen LogP contribution < -0.4 is 9.47 Å². The molecule has 3 rings (SSSR count). The second-order valence-corrected chi connectivity index (χ2v) is 6.63. The normalized spacial score (nSPS) is 15.6. The molecule has 1 heterocycles. The molecule has 0 radical (unpaired) electrons. The molecule has 0 saturated carbocycles. The highest BCUT2D eigenvalue weighted by Crippen LogP contribution is 2.37. The third-order valence-electron chi connectivity index (χ3n) is 4.04. The van der Waals surface area contributed by atoms with Crippen molar-refractivity contribution in [2.75, 3.05) is 14.2 Å². The summed E-state index contributed by atoms with van der Waals surface area (Å²) in [6.45, 7) is 1.33. The lowest BCUT2D eigenvalue weighted by Gasteiger charge is -2.19. The van der Waals surface area contributed by atoms with Crippen LogP contribution in [0.15, 0.2) is 46.0 Å². The number of benzene rings is 2. The maximum atomic E-state index is 12.1. The fourth-order valence-corrected chi connectivity index (χ4v) is 3.22. The first kappa shape index (κ1) is 19.6. The molecular weight excluding hydrogens is 434 g/mol. The van der Waals surface area contributed by atoms with E-state index in [1.165, 1.54) is 39.3 Å². The summed E-state index contributed by atoms with van der Waals surface area (Å²) in [5.74, 6) is 0.754. The molecule has 146 valence electrons. The zero-order valence-electron chi connectivity index (χ0n) is 15.2. The fraction of sp³-hybridized carbons (Fsp3) is 0.222. The van der Waals surface area contributed by atoms with E-state index in [1.54, 1.807) is 18.2 Å². The Bertz CT molecular complexity index is 978. The van der Waals surface area contributed by atoms with E-state index in [4.69, 9.17) is 14.2 Å². The molecule has 0 saturated heterocycles. The van der Waals surface area contributed by atoms with Crippen molar-refractivity contribution in [3.05, 3.63) is 62.1 Å². The van der Waals surface area contributed by atoms with Crippen LogP contribution in [-0.4, -0.2) is 36.0 Å². The number of carbonyl (C=O) groups is 1. The molecule has 1 amide bonds. The molecule has 1 unspecified atom stereocenters. The second kappa shape index (κ2) is 7.85. The van der Waals surface area contributed by atoms with Crippen molar-refractivity contribution in [2.45, 2.75) is 13.2 Å². The van der Waals surface area contributed by atoms with Crippen LogP contribution in [0.2, 0.25) is 0 Å². The Hall–Kier alpha value is -3.14. The molecule has 9 nitrogen and oxygen atoms in total. The van der Waals surface area contributed by atoms with Crippen LogP contribution >= 0.6 is 15.9 Å². The van der Waals surface area contributed by atoms with E-state index < -0.39 is 11.2 Å². The molecule has 0 aliphatic carbocycles. The summed E-state index contributed by atoms with van der Waals surface area (Å²) in [5.41, 5.74) is 0.812. The predicted octanol–water partition coefficient (Wildman–Crippen LogP) is 3.61. The Labute approximate surface area is 168 Å². The number of nitrogens with zero attached hydrogens (tertiary/aromatic N) is 3. The van der Waals surface area contributed by atoms with Crippen LogP contribution in [0.5, 0.6) is 11.5 Å². The number of amides is 1. The summed E-state index contributed by atoms with van der Waals surface area (Å²) in [4.78, 5) is 22.7. The molecule has 1 aliphatic rings. The van der Waals surface area contributed by atoms with Crippen LogP contribution in [0, 0.1) is 10.1 Å². The topological polar surface area (TPSA) is 104 Å². The van der Waals surface area contributed by atoms with Gasteiger partial charge in [-0.05, 0) is 22.0 Å². The Morgan fingerprint density at radius 3 is 2.57 bits per heavy atom. The lowest BCUT2D eigenvalue weighted by atomic mass is 10.1. The summed E-state index contributed by atoms with van der Waals surface area (Å²) >= 11 is 3.40. The van der Waals surface area contributed by atoms with Gasteiger partial charge in [-0.2, -0.15) is 5.01 Å². The molecule has 1 aliphatic heterocycles. The van der Waals surface area contributed by atoms with E-state index in [-0.39, 0.29) is 17.5 Å². The molecule has 0 fully saturated rings. The highest BCUT2D eigenvalue weighted by Gasteiger charge is 2.35. The largest absolute Gasteiger partial charge is 0.496 e. The van der Waals surface area contributed by atoms with Crippen LogP contribution in [0.4, 0.5) is 5.69 Å². The molecule has 10 heteroatoms. The zero-order chi connectivity index (χ0) is 20.4. The number of ether oxygens (including phenoxy) is 3. The number of hydrazone groups is 1. The van der Waals surface area contributed by atoms with Crippen LogP contribution in [-0.2, 0) is 9.53 Å². The molecule has 0 bridgehead atoms. The van der Waals surface area contributed by atoms with Crippen molar-refractivity contribution in [3.63, 3.8) is 0 Å². The minimum Gasteiger partial charge on any atom is -0.496 e. The average Bonchev–Trinajstić information content (AvgIpc) is 3.13. The third-order valence-corrected chi connectivity index (χ3v) is 4.66. The van der Waals surface area contributed by atoms with E-state index >= 15 is 0 Å². The Morgan fingerprint density at radius 2 is 1.96 bits per heavy atom. The van der Waals surface area contributed by atoms with Crippen molar-refractivity contribution < 1.29 is 23.9 Å². The molecule has 1 atom stereocenters. The number of non-ortho nitro benzene ring substituents is 1. The smallest absolute Gasteiger partial charge is 0.269 e. The first-order chi connectivity index (χ1) is 13.3. The Kier molecular flexibility index (Phi) is 5.50. The number of nitro groups is 1. The summed E-state index contributed by atoms with van der Waals surface area (Å²) in [7, 11) is 3.01. The number of nitro benzene ring substituents is 1. The van der Waals surface area contributed by atoms with Gasteiger partial charge in [-0.3, -0.25) is 14.9 Å². The number of halogens is 1. The minimum atomic E-state index is -0.932. The second-order valence-electron chi connectivity index (χ2n) is 5.78. The summed E-state index contributed by atoms with van der Waals surface area (Å²) in [5, 5.41) is 16.5. The van der Waals surface area contributed by atoms with Crippen LogP contribution in [0.25, 0.3) is 0 Å². The van der Waals surface area contributed by atoms with Gasteiger partial charge >= 0.3 is 0 Å². The fourth-order valence-electron chi connectivity index (χ4n) is 2.71. The maximum Gasteiger partial charge on any atom is 0.269 e. The van der Waals surface area contributed by atoms with E-state index in [9.17, 15) is 14.9 Å². The van der Waals surface area contributed by atoms with Gasteiger partial charge in [-0.1, -0.05) is 12.1 Å². The molecule has 2 aromatic rings. The van der Waals surface area contributed by atoms with Gasteiger partial charge in [0.25, 0.3) is 5.69 Å². The van der Waals surface area contributed by atoms with Crippen molar-refractivity contribution in [3.8, 4) is 11.5 Å². The first-order valence-corrected chi connectivity index (χ1v) is 8.86. The van der Waals surface area contributed by atoms with Gasteiger partial charge in [0.15, 0.2) is 0 Å². The van der Waals surface area contributed by atoms with Gasteiger partial charge in [-0.25, -0.2) is 0 Å². The van der Waals surface area contributed by atoms with Gasteiger partial charge < -0.3 is 14.2 Å². The van der Waals surface area contributed by atoms with E-state index in [1.807, 2.05) is 0 Å². The molecule has 0 aromatic heterocycles. The van der Waals surface area contributed by atoms with Crippen LogP contribution in [0.3, 0.4) is 0 Å². The van der Waals surface area contributed by atoms with Crippen molar-refractivity contribution >= 4 is 33.4 Å². The van der Waals surface area contributed by atoms with Crippen molar-refractivity contribution in [2.24, 2.45) is 5.10 Å². The highest BCUT2D eigenvalue weighted by molar-refractivity contribution is 9.10. The summed E-state index contributed by atoms with van der Waals surface area (Å²) in [6, 6.07) is 9.22. The number of hydrogen-bond donors (Lipinski definition) is 0. The lowest BCUT2D eigenvalue weighted by Crippen LogP contribution is -2.25. The molecule has 2 aromatic carbocycles. The minimum absolute atomic E-state index is 0.108. The third kappa shape index (κ3) is 3.63. The molecular formula is C18H16BrN3O6. The Balaban J connectivity index is 2.03. The standard InChI is InChI=1S/C18H16BrN3O6/c1-10(23)21-18(11-5-4-6-12(7-11)22(24)25)28-17(20-21)13-8-14(19)16(27-3)9-15(13)26-2/h4-9,18H,1-3H3. The number of rotatable bonds is 5. The van der Waals surface area contributed by atoms with Crippen molar-refractivity contribution in [1.82, 2.24) is 5.01 Å². The van der Waals surface area contributed by atoms with Gasteiger partial charge in [0, 0.05) is 30.7 Å². The van der Waals surface area contributed by atoms with Gasteiger partial charge in [-0.15, -0.1) is 5.10 Å². The molecule has 0 N–H and O–H groups in total. The van der Waals surface area contributed by atoms with Gasteiger partial charge in [0.2, 0.25) is 18.0 Å². The predicted molar refractivity (Wildman–Crippen MR) is 103 cm³/mol. The van der Waals surface area contributed by atoms with E-state index in [0.29, 0.717) is 27.1 Å². The SMILES string of the molecule is COc1cc(OC)c(C2=NN(C(C)=O)C(c3cccc([N+](=O)[O-])c3)O2)cc1Br. The first-order valence-electron chi connectivity index (χ1n) is 8.07. The monoisotopic (exact) mass is 449 g/mol. The van der Waals surface area contributed by atoms with Gasteiger partial charge in [0.1, 0.15) is 11.5 Å².